The van der Waals surface area contributed by atoms with Crippen molar-refractivity contribution in [2.24, 2.45) is 5.41 Å². The number of hydrogen-bond donors (Lipinski definition) is 0. The maximum Gasteiger partial charge on any atom is 0.414 e. The zero-order chi connectivity index (χ0) is 29.1. The Labute approximate surface area is 240 Å². The summed E-state index contributed by atoms with van der Waals surface area (Å²) >= 11 is 0. The number of carbonyl (C=O) groups excluding carboxylic acids is 3. The quantitative estimate of drug-likeness (QED) is 0.196. The number of aryl methyl sites for hydroxylation is 1. The Bertz CT molecular complexity index is 1450. The highest BCUT2D eigenvalue weighted by atomic mass is 16.6. The number of nitrogens with zero attached hydrogens (tertiary/aromatic N) is 1. The molecular formula is C33H35NO7. The molecule has 3 aromatic carbocycles. The number of fused-ring (bicyclic) bond motifs is 1. The first-order valence-electron chi connectivity index (χ1n) is 14.0. The molecule has 0 unspecified atom stereocenters. The molecule has 1 aliphatic carbocycles. The van der Waals surface area contributed by atoms with Crippen molar-refractivity contribution in [2.75, 3.05) is 31.8 Å². The Morgan fingerprint density at radius 2 is 1.61 bits per heavy atom. The zero-order valence-electron chi connectivity index (χ0n) is 23.9. The standard InChI is InChI=1S/C33H35NO7/c1-5-39-30(35)33(31(36)40-6-2)18-23-16-26(29-21(3)11-10-14-28(29)38-4)27(17-24(23)19-33)34-25(20-41-32(34)37)15-22-12-8-7-9-13-22/h7-14,16-17,25H,5-6,15,18-20H2,1-4H3/t25-/m1/s1. The van der Waals surface area contributed by atoms with Crippen LogP contribution in [-0.4, -0.2) is 51.0 Å². The first-order valence-corrected chi connectivity index (χ1v) is 14.0. The maximum absolute atomic E-state index is 13.3. The molecule has 214 valence electrons. The fourth-order valence-corrected chi connectivity index (χ4v) is 5.98. The molecule has 41 heavy (non-hydrogen) atoms. The molecule has 1 fully saturated rings. The summed E-state index contributed by atoms with van der Waals surface area (Å²) in [6.45, 7) is 5.95. The fraction of sp³-hybridized carbons (Fsp3) is 0.364. The largest absolute Gasteiger partial charge is 0.496 e. The van der Waals surface area contributed by atoms with Gasteiger partial charge in [0.2, 0.25) is 0 Å². The monoisotopic (exact) mass is 557 g/mol. The highest BCUT2D eigenvalue weighted by Crippen LogP contribution is 2.47. The highest BCUT2D eigenvalue weighted by molar-refractivity contribution is 6.03. The van der Waals surface area contributed by atoms with Crippen LogP contribution in [0.15, 0.2) is 60.7 Å². The third-order valence-electron chi connectivity index (χ3n) is 7.89. The van der Waals surface area contributed by atoms with E-state index in [0.717, 1.165) is 33.4 Å². The van der Waals surface area contributed by atoms with Crippen molar-refractivity contribution in [1.82, 2.24) is 0 Å². The molecule has 3 aromatic rings. The van der Waals surface area contributed by atoms with Gasteiger partial charge in [0.15, 0.2) is 5.41 Å². The maximum atomic E-state index is 13.3. The van der Waals surface area contributed by atoms with Crippen LogP contribution in [-0.2, 0) is 43.1 Å². The van der Waals surface area contributed by atoms with E-state index in [0.29, 0.717) is 17.9 Å². The number of hydrogen-bond acceptors (Lipinski definition) is 7. The van der Waals surface area contributed by atoms with E-state index in [-0.39, 0.29) is 38.7 Å². The Morgan fingerprint density at radius 1 is 0.951 bits per heavy atom. The van der Waals surface area contributed by atoms with Crippen molar-refractivity contribution in [3.8, 4) is 16.9 Å². The number of cyclic esters (lactones) is 1. The molecule has 0 aromatic heterocycles. The number of esters is 2. The molecular weight excluding hydrogens is 522 g/mol. The van der Waals surface area contributed by atoms with Gasteiger partial charge in [-0.25, -0.2) is 4.79 Å². The zero-order valence-corrected chi connectivity index (χ0v) is 23.9. The number of ether oxygens (including phenoxy) is 4. The minimum Gasteiger partial charge on any atom is -0.496 e. The van der Waals surface area contributed by atoms with E-state index >= 15 is 0 Å². The van der Waals surface area contributed by atoms with Gasteiger partial charge in [0.05, 0.1) is 32.1 Å². The molecule has 1 saturated heterocycles. The summed E-state index contributed by atoms with van der Waals surface area (Å²) in [4.78, 5) is 41.6. The molecule has 0 N–H and O–H groups in total. The molecule has 8 heteroatoms. The van der Waals surface area contributed by atoms with Crippen LogP contribution >= 0.6 is 0 Å². The molecule has 8 nitrogen and oxygen atoms in total. The summed E-state index contributed by atoms with van der Waals surface area (Å²) in [6.07, 6.45) is 0.410. The molecule has 5 rings (SSSR count). The second-order valence-electron chi connectivity index (χ2n) is 10.5. The number of amides is 1. The van der Waals surface area contributed by atoms with Crippen LogP contribution in [0.2, 0.25) is 0 Å². The smallest absolute Gasteiger partial charge is 0.414 e. The van der Waals surface area contributed by atoms with Crippen molar-refractivity contribution in [2.45, 2.75) is 46.1 Å². The average molecular weight is 558 g/mol. The molecule has 0 bridgehead atoms. The van der Waals surface area contributed by atoms with Crippen LogP contribution in [0.5, 0.6) is 5.75 Å². The van der Waals surface area contributed by atoms with Crippen LogP contribution in [0.3, 0.4) is 0 Å². The Morgan fingerprint density at radius 3 is 2.24 bits per heavy atom. The number of rotatable bonds is 9. The average Bonchev–Trinajstić information content (AvgIpc) is 3.53. The topological polar surface area (TPSA) is 91.4 Å². The molecule has 0 radical (unpaired) electrons. The number of carbonyl (C=O) groups is 3. The molecule has 1 heterocycles. The van der Waals surface area contributed by atoms with Gasteiger partial charge in [-0.1, -0.05) is 42.5 Å². The minimum atomic E-state index is -1.49. The van der Waals surface area contributed by atoms with E-state index in [4.69, 9.17) is 18.9 Å². The third-order valence-corrected chi connectivity index (χ3v) is 7.89. The molecule has 0 spiro atoms. The molecule has 1 aliphatic heterocycles. The summed E-state index contributed by atoms with van der Waals surface area (Å²) in [6, 6.07) is 19.4. The Hall–Kier alpha value is -4.33. The number of benzene rings is 3. The lowest BCUT2D eigenvalue weighted by atomic mass is 9.84. The summed E-state index contributed by atoms with van der Waals surface area (Å²) in [5.41, 5.74) is 4.39. The van der Waals surface area contributed by atoms with Gasteiger partial charge in [-0.15, -0.1) is 0 Å². The number of methoxy groups -OCH3 is 1. The van der Waals surface area contributed by atoms with Crippen LogP contribution in [0.25, 0.3) is 11.1 Å². The summed E-state index contributed by atoms with van der Waals surface area (Å²) < 4.78 is 22.1. The van der Waals surface area contributed by atoms with Gasteiger partial charge in [0.25, 0.3) is 0 Å². The van der Waals surface area contributed by atoms with Crippen LogP contribution < -0.4 is 9.64 Å². The van der Waals surface area contributed by atoms with Crippen molar-refractivity contribution >= 4 is 23.7 Å². The predicted octanol–water partition coefficient (Wildman–Crippen LogP) is 5.45. The van der Waals surface area contributed by atoms with Gasteiger partial charge in [0, 0.05) is 11.1 Å². The normalized spacial score (nSPS) is 17.1. The van der Waals surface area contributed by atoms with Gasteiger partial charge in [-0.05, 0) is 80.5 Å². The van der Waals surface area contributed by atoms with E-state index in [1.807, 2.05) is 67.6 Å². The SMILES string of the molecule is CCOC(=O)C1(C(=O)OCC)Cc2cc(-c3c(C)cccc3OC)c(N3C(=O)OC[C@H]3Cc3ccccc3)cc2C1. The summed E-state index contributed by atoms with van der Waals surface area (Å²) in [7, 11) is 1.61. The minimum absolute atomic E-state index is 0.116. The Balaban J connectivity index is 1.68. The molecule has 0 saturated carbocycles. The van der Waals surface area contributed by atoms with Gasteiger partial charge < -0.3 is 18.9 Å². The van der Waals surface area contributed by atoms with E-state index in [2.05, 4.69) is 0 Å². The number of anilines is 1. The highest BCUT2D eigenvalue weighted by Gasteiger charge is 2.53. The third kappa shape index (κ3) is 5.14. The van der Waals surface area contributed by atoms with Gasteiger partial charge in [-0.3, -0.25) is 14.5 Å². The van der Waals surface area contributed by atoms with Crippen LogP contribution in [0.4, 0.5) is 10.5 Å². The molecule has 1 amide bonds. The van der Waals surface area contributed by atoms with E-state index in [1.165, 1.54) is 0 Å². The van der Waals surface area contributed by atoms with E-state index in [9.17, 15) is 14.4 Å². The van der Waals surface area contributed by atoms with E-state index < -0.39 is 23.4 Å². The lowest BCUT2D eigenvalue weighted by Gasteiger charge is -2.26. The first kappa shape index (κ1) is 28.2. The van der Waals surface area contributed by atoms with Gasteiger partial charge >= 0.3 is 18.0 Å². The second kappa shape index (κ2) is 11.6. The lowest BCUT2D eigenvalue weighted by Crippen LogP contribution is -2.43. The second-order valence-corrected chi connectivity index (χ2v) is 10.5. The van der Waals surface area contributed by atoms with Crippen molar-refractivity contribution < 1.29 is 33.3 Å². The van der Waals surface area contributed by atoms with Gasteiger partial charge in [-0.2, -0.15) is 0 Å². The summed E-state index contributed by atoms with van der Waals surface area (Å²) in [5.74, 6) is -0.555. The predicted molar refractivity (Wildman–Crippen MR) is 154 cm³/mol. The van der Waals surface area contributed by atoms with Crippen molar-refractivity contribution in [3.05, 3.63) is 82.9 Å². The first-order chi connectivity index (χ1) is 19.8. The van der Waals surface area contributed by atoms with Crippen molar-refractivity contribution in [1.29, 1.82) is 0 Å². The van der Waals surface area contributed by atoms with Gasteiger partial charge in [0.1, 0.15) is 12.4 Å². The van der Waals surface area contributed by atoms with E-state index in [1.54, 1.807) is 25.9 Å². The van der Waals surface area contributed by atoms with Crippen LogP contribution in [0, 0.1) is 12.3 Å². The van der Waals surface area contributed by atoms with Crippen LogP contribution in [0.1, 0.15) is 36.1 Å². The summed E-state index contributed by atoms with van der Waals surface area (Å²) in [5, 5.41) is 0. The molecule has 2 aliphatic rings. The molecule has 1 atom stereocenters. The van der Waals surface area contributed by atoms with Crippen molar-refractivity contribution in [3.63, 3.8) is 0 Å². The Kier molecular flexibility index (Phi) is 8.01. The fourth-order valence-electron chi connectivity index (χ4n) is 5.98. The lowest BCUT2D eigenvalue weighted by molar-refractivity contribution is -0.171.